The molecule has 2 aromatic carbocycles. The average Bonchev–Trinajstić information content (AvgIpc) is 3.29. The smallest absolute Gasteiger partial charge is 0.231 e. The first-order chi connectivity index (χ1) is 12.2. The van der Waals surface area contributed by atoms with Crippen LogP contribution < -0.4 is 19.5 Å². The first-order valence-electron chi connectivity index (χ1n) is 8.45. The van der Waals surface area contributed by atoms with Crippen molar-refractivity contribution in [2.24, 2.45) is 5.92 Å². The van der Waals surface area contributed by atoms with Gasteiger partial charge in [-0.2, -0.15) is 0 Å². The van der Waals surface area contributed by atoms with Gasteiger partial charge in [-0.3, -0.25) is 0 Å². The predicted octanol–water partition coefficient (Wildman–Crippen LogP) is 5.01. The first-order valence-corrected chi connectivity index (χ1v) is 9.24. The van der Waals surface area contributed by atoms with Crippen molar-refractivity contribution in [1.82, 2.24) is 0 Å². The van der Waals surface area contributed by atoms with Crippen LogP contribution in [0.25, 0.3) is 0 Å². The van der Waals surface area contributed by atoms with Crippen LogP contribution in [0.15, 0.2) is 47.0 Å². The van der Waals surface area contributed by atoms with E-state index in [9.17, 15) is 0 Å². The summed E-state index contributed by atoms with van der Waals surface area (Å²) in [5, 5.41) is 3.75. The zero-order valence-electron chi connectivity index (χ0n) is 13.8. The second kappa shape index (κ2) is 5.70. The van der Waals surface area contributed by atoms with Crippen molar-refractivity contribution in [3.05, 3.63) is 58.1 Å². The molecule has 2 aliphatic heterocycles. The summed E-state index contributed by atoms with van der Waals surface area (Å²) in [6, 6.07) is 10.6. The fourth-order valence-electron chi connectivity index (χ4n) is 4.18. The highest BCUT2D eigenvalue weighted by molar-refractivity contribution is 9.10. The lowest BCUT2D eigenvalue weighted by molar-refractivity contribution is 0.174. The minimum absolute atomic E-state index is 0.213. The van der Waals surface area contributed by atoms with Crippen LogP contribution in [0.3, 0.4) is 0 Å². The van der Waals surface area contributed by atoms with E-state index in [4.69, 9.17) is 14.2 Å². The van der Waals surface area contributed by atoms with Gasteiger partial charge >= 0.3 is 0 Å². The van der Waals surface area contributed by atoms with E-state index in [0.717, 1.165) is 28.1 Å². The number of ether oxygens (including phenoxy) is 3. The Morgan fingerprint density at radius 1 is 1.12 bits per heavy atom. The fourth-order valence-corrected chi connectivity index (χ4v) is 4.75. The van der Waals surface area contributed by atoms with E-state index in [0.29, 0.717) is 18.6 Å². The van der Waals surface area contributed by atoms with Crippen molar-refractivity contribution in [3.8, 4) is 17.2 Å². The van der Waals surface area contributed by atoms with Gasteiger partial charge in [0.25, 0.3) is 0 Å². The molecule has 0 saturated heterocycles. The van der Waals surface area contributed by atoms with Crippen molar-refractivity contribution < 1.29 is 14.2 Å². The van der Waals surface area contributed by atoms with Gasteiger partial charge in [-0.05, 0) is 53.8 Å². The molecule has 3 atom stereocenters. The van der Waals surface area contributed by atoms with E-state index in [1.54, 1.807) is 7.11 Å². The van der Waals surface area contributed by atoms with Gasteiger partial charge in [-0.15, -0.1) is 0 Å². The summed E-state index contributed by atoms with van der Waals surface area (Å²) in [6.45, 7) is 0.291. The summed E-state index contributed by atoms with van der Waals surface area (Å²) in [7, 11) is 1.71. The second-order valence-electron chi connectivity index (χ2n) is 6.66. The molecule has 0 amide bonds. The largest absolute Gasteiger partial charge is 0.497 e. The van der Waals surface area contributed by atoms with Gasteiger partial charge in [0.05, 0.1) is 13.2 Å². The maximum absolute atomic E-state index is 5.59. The van der Waals surface area contributed by atoms with Crippen molar-refractivity contribution >= 4 is 21.6 Å². The monoisotopic (exact) mass is 399 g/mol. The van der Waals surface area contributed by atoms with E-state index in [1.807, 2.05) is 12.1 Å². The molecular formula is C20H18BrNO3. The Hall–Kier alpha value is -2.14. The van der Waals surface area contributed by atoms with Crippen molar-refractivity contribution in [3.63, 3.8) is 0 Å². The molecule has 1 N–H and O–H groups in total. The number of nitrogens with one attached hydrogen (secondary N) is 1. The fraction of sp³-hybridized carbons (Fsp3) is 0.300. The van der Waals surface area contributed by atoms with Crippen LogP contribution >= 0.6 is 15.9 Å². The number of methoxy groups -OCH3 is 1. The number of allylic oxidation sites excluding steroid dienone is 2. The quantitative estimate of drug-likeness (QED) is 0.720. The number of halogens is 1. The van der Waals surface area contributed by atoms with E-state index in [1.165, 1.54) is 16.8 Å². The average molecular weight is 400 g/mol. The number of hydrogen-bond acceptors (Lipinski definition) is 4. The Balaban J connectivity index is 1.59. The molecule has 25 heavy (non-hydrogen) atoms. The Labute approximate surface area is 154 Å². The Morgan fingerprint density at radius 3 is 2.80 bits per heavy atom. The SMILES string of the molecule is COc1ccc2c(c1)[C@@H]1C=CC[C@H]1[C@@H](c1cc3c(cc1Br)OCO3)N2. The molecule has 128 valence electrons. The van der Waals surface area contributed by atoms with Crippen LogP contribution in [0.1, 0.15) is 29.5 Å². The highest BCUT2D eigenvalue weighted by Gasteiger charge is 2.39. The Bertz CT molecular complexity index is 879. The summed E-state index contributed by atoms with van der Waals surface area (Å²) >= 11 is 3.73. The van der Waals surface area contributed by atoms with Crippen molar-refractivity contribution in [2.45, 2.75) is 18.4 Å². The lowest BCUT2D eigenvalue weighted by atomic mass is 9.77. The summed E-state index contributed by atoms with van der Waals surface area (Å²) in [5.74, 6) is 3.40. The van der Waals surface area contributed by atoms with Gasteiger partial charge in [0.2, 0.25) is 6.79 Å². The number of benzene rings is 2. The molecule has 0 saturated carbocycles. The highest BCUT2D eigenvalue weighted by atomic mass is 79.9. The molecule has 2 heterocycles. The van der Waals surface area contributed by atoms with Crippen LogP contribution in [0, 0.1) is 5.92 Å². The maximum Gasteiger partial charge on any atom is 0.231 e. The third-order valence-electron chi connectivity index (χ3n) is 5.40. The molecule has 0 spiro atoms. The molecule has 4 nitrogen and oxygen atoms in total. The van der Waals surface area contributed by atoms with E-state index in [-0.39, 0.29) is 6.04 Å². The number of hydrogen-bond donors (Lipinski definition) is 1. The normalized spacial score (nSPS) is 25.3. The predicted molar refractivity (Wildman–Crippen MR) is 99.6 cm³/mol. The lowest BCUT2D eigenvalue weighted by Gasteiger charge is -2.38. The van der Waals surface area contributed by atoms with Gasteiger partial charge in [-0.1, -0.05) is 28.1 Å². The van der Waals surface area contributed by atoms with Crippen LogP contribution in [-0.4, -0.2) is 13.9 Å². The third-order valence-corrected chi connectivity index (χ3v) is 6.08. The summed E-state index contributed by atoms with van der Waals surface area (Å²) < 4.78 is 17.6. The van der Waals surface area contributed by atoms with Crippen LogP contribution in [-0.2, 0) is 0 Å². The first kappa shape index (κ1) is 15.1. The molecule has 0 unspecified atom stereocenters. The van der Waals surface area contributed by atoms with Gasteiger partial charge in [-0.25, -0.2) is 0 Å². The van der Waals surface area contributed by atoms with E-state index < -0.39 is 0 Å². The molecule has 0 bridgehead atoms. The van der Waals surface area contributed by atoms with E-state index >= 15 is 0 Å². The Morgan fingerprint density at radius 2 is 1.96 bits per heavy atom. The van der Waals surface area contributed by atoms with Crippen molar-refractivity contribution in [1.29, 1.82) is 0 Å². The molecule has 0 aromatic heterocycles. The standard InChI is InChI=1S/C20H18BrNO3/c1-23-11-5-6-17-14(7-11)12-3-2-4-13(12)20(22-17)15-8-18-19(9-16(15)21)25-10-24-18/h2-3,5-9,12-13,20,22H,4,10H2,1H3/t12-,13-,20+/m1/s1. The summed E-state index contributed by atoms with van der Waals surface area (Å²) in [6.07, 6.45) is 5.68. The highest BCUT2D eigenvalue weighted by Crippen LogP contribution is 2.52. The minimum Gasteiger partial charge on any atom is -0.497 e. The maximum atomic E-state index is 5.59. The molecule has 5 rings (SSSR count). The zero-order valence-corrected chi connectivity index (χ0v) is 15.4. The summed E-state index contributed by atoms with van der Waals surface area (Å²) in [5.41, 5.74) is 3.69. The van der Waals surface area contributed by atoms with E-state index in [2.05, 4.69) is 51.6 Å². The second-order valence-corrected chi connectivity index (χ2v) is 7.51. The van der Waals surface area contributed by atoms with Gasteiger partial charge in [0.1, 0.15) is 5.75 Å². The summed E-state index contributed by atoms with van der Waals surface area (Å²) in [4.78, 5) is 0. The molecular weight excluding hydrogens is 382 g/mol. The van der Waals surface area contributed by atoms with Gasteiger partial charge < -0.3 is 19.5 Å². The van der Waals surface area contributed by atoms with Gasteiger partial charge in [0, 0.05) is 16.1 Å². The molecule has 2 aromatic rings. The van der Waals surface area contributed by atoms with Gasteiger partial charge in [0.15, 0.2) is 11.5 Å². The van der Waals surface area contributed by atoms with Crippen LogP contribution in [0.4, 0.5) is 5.69 Å². The molecule has 0 fully saturated rings. The zero-order chi connectivity index (χ0) is 17.0. The van der Waals surface area contributed by atoms with Crippen LogP contribution in [0.2, 0.25) is 0 Å². The molecule has 0 radical (unpaired) electrons. The molecule has 3 aliphatic rings. The number of anilines is 1. The number of rotatable bonds is 2. The van der Waals surface area contributed by atoms with Crippen LogP contribution in [0.5, 0.6) is 17.2 Å². The molecule has 5 heteroatoms. The lowest BCUT2D eigenvalue weighted by Crippen LogP contribution is -2.29. The topological polar surface area (TPSA) is 39.7 Å². The molecule has 1 aliphatic carbocycles. The minimum atomic E-state index is 0.213. The van der Waals surface area contributed by atoms with Crippen molar-refractivity contribution in [2.75, 3.05) is 19.2 Å². The number of fused-ring (bicyclic) bond motifs is 4. The third kappa shape index (κ3) is 2.33. The Kier molecular flexibility index (Phi) is 3.45.